The van der Waals surface area contributed by atoms with E-state index >= 15 is 0 Å². The van der Waals surface area contributed by atoms with E-state index in [1.54, 1.807) is 20.8 Å². The topological polar surface area (TPSA) is 98.8 Å². The van der Waals surface area contributed by atoms with Crippen molar-refractivity contribution in [3.63, 3.8) is 0 Å². The first-order valence-electron chi connectivity index (χ1n) is 13.9. The van der Waals surface area contributed by atoms with Crippen LogP contribution in [0.5, 0.6) is 5.75 Å². The quantitative estimate of drug-likeness (QED) is 0.415. The monoisotopic (exact) mass is 529 g/mol. The number of likely N-dealkylation sites (N-methyl/N-ethyl adjacent to an activating group) is 1. The molecule has 2 aliphatic rings. The van der Waals surface area contributed by atoms with Crippen molar-refractivity contribution in [3.8, 4) is 17.0 Å². The third-order valence-electron chi connectivity index (χ3n) is 7.62. The molecule has 206 valence electrons. The largest absolute Gasteiger partial charge is 0.504 e. The number of hydrogen-bond donors (Lipinski definition) is 1. The predicted octanol–water partition coefficient (Wildman–Crippen LogP) is 3.64. The van der Waals surface area contributed by atoms with Crippen LogP contribution in [-0.4, -0.2) is 90.5 Å². The molecule has 3 aromatic heterocycles. The Morgan fingerprint density at radius 2 is 1.49 bits per heavy atom. The van der Waals surface area contributed by atoms with Crippen molar-refractivity contribution in [1.29, 1.82) is 0 Å². The normalized spacial score (nSPS) is 16.5. The highest BCUT2D eigenvalue weighted by Gasteiger charge is 2.16. The number of hydrogen-bond acceptors (Lipinski definition) is 9. The molecule has 4 aromatic rings. The molecule has 0 spiro atoms. The summed E-state index contributed by atoms with van der Waals surface area (Å²) < 4.78 is 1.54. The van der Waals surface area contributed by atoms with Gasteiger partial charge in [-0.3, -0.25) is 4.90 Å². The van der Waals surface area contributed by atoms with Gasteiger partial charge >= 0.3 is 0 Å². The summed E-state index contributed by atoms with van der Waals surface area (Å²) >= 11 is 0. The molecule has 0 amide bonds. The number of fused-ring (bicyclic) bond motifs is 1. The second kappa shape index (κ2) is 12.0. The summed E-state index contributed by atoms with van der Waals surface area (Å²) in [5.74, 6) is 1.36. The molecule has 0 radical (unpaired) electrons. The third kappa shape index (κ3) is 6.34. The van der Waals surface area contributed by atoms with Crippen LogP contribution in [0.3, 0.4) is 0 Å². The van der Waals surface area contributed by atoms with Crippen LogP contribution < -0.4 is 4.90 Å². The number of nitrogens with zero attached hydrogens (tertiary/aromatic N) is 9. The Labute approximate surface area is 230 Å². The highest BCUT2D eigenvalue weighted by atomic mass is 16.3. The van der Waals surface area contributed by atoms with Gasteiger partial charge in [0, 0.05) is 57.1 Å². The van der Waals surface area contributed by atoms with Gasteiger partial charge in [-0.25, -0.2) is 4.98 Å². The minimum absolute atomic E-state index is 0.178. The van der Waals surface area contributed by atoms with Crippen molar-refractivity contribution in [2.75, 3.05) is 50.7 Å². The van der Waals surface area contributed by atoms with Crippen LogP contribution in [0.25, 0.3) is 17.0 Å². The molecule has 2 aliphatic heterocycles. The Kier molecular flexibility index (Phi) is 8.33. The zero-order valence-electron chi connectivity index (χ0n) is 23.5. The number of aromatic nitrogens is 6. The summed E-state index contributed by atoms with van der Waals surface area (Å²) in [6, 6.07) is 13.0. The molecule has 0 atom stereocenters. The Morgan fingerprint density at radius 3 is 2.13 bits per heavy atom. The van der Waals surface area contributed by atoms with Crippen molar-refractivity contribution < 1.29 is 5.11 Å². The Morgan fingerprint density at radius 1 is 0.795 bits per heavy atom. The fourth-order valence-corrected chi connectivity index (χ4v) is 5.18. The van der Waals surface area contributed by atoms with E-state index in [0.717, 1.165) is 56.2 Å². The van der Waals surface area contributed by atoms with E-state index in [9.17, 15) is 5.11 Å². The van der Waals surface area contributed by atoms with Gasteiger partial charge in [0.05, 0.1) is 22.8 Å². The molecule has 6 rings (SSSR count). The zero-order chi connectivity index (χ0) is 27.4. The van der Waals surface area contributed by atoms with Gasteiger partial charge in [0.15, 0.2) is 5.75 Å². The zero-order valence-corrected chi connectivity index (χ0v) is 23.5. The second-order valence-corrected chi connectivity index (χ2v) is 10.4. The summed E-state index contributed by atoms with van der Waals surface area (Å²) in [6.45, 7) is 16.5. The minimum Gasteiger partial charge on any atom is -0.504 e. The Balaban J connectivity index is 0.000000198. The van der Waals surface area contributed by atoms with E-state index in [0.29, 0.717) is 23.0 Å². The van der Waals surface area contributed by atoms with E-state index in [1.807, 2.05) is 0 Å². The van der Waals surface area contributed by atoms with Crippen molar-refractivity contribution in [2.24, 2.45) is 0 Å². The molecule has 0 saturated carbocycles. The van der Waals surface area contributed by atoms with Gasteiger partial charge in [-0.2, -0.15) is 19.7 Å². The first kappa shape index (κ1) is 27.0. The lowest BCUT2D eigenvalue weighted by Crippen LogP contribution is -2.45. The summed E-state index contributed by atoms with van der Waals surface area (Å²) in [5, 5.41) is 22.6. The van der Waals surface area contributed by atoms with E-state index in [-0.39, 0.29) is 5.75 Å². The van der Waals surface area contributed by atoms with Gasteiger partial charge in [-0.05, 0) is 64.4 Å². The van der Waals surface area contributed by atoms with Crippen LogP contribution in [-0.2, 0) is 6.54 Å². The number of benzene rings is 1. The van der Waals surface area contributed by atoms with Gasteiger partial charge in [-0.1, -0.05) is 19.1 Å². The van der Waals surface area contributed by atoms with Gasteiger partial charge in [0.2, 0.25) is 0 Å². The maximum absolute atomic E-state index is 9.56. The van der Waals surface area contributed by atoms with Crippen LogP contribution in [0.1, 0.15) is 42.7 Å². The van der Waals surface area contributed by atoms with Crippen LogP contribution in [0.4, 0.5) is 5.69 Å². The second-order valence-electron chi connectivity index (χ2n) is 10.4. The molecule has 2 saturated heterocycles. The number of aromatic hydroxyl groups is 1. The van der Waals surface area contributed by atoms with Gasteiger partial charge in [-0.15, -0.1) is 5.10 Å². The van der Waals surface area contributed by atoms with Gasteiger partial charge in [0.25, 0.3) is 5.78 Å². The average Bonchev–Trinajstić information content (AvgIpc) is 3.63. The Hall–Kier alpha value is -3.63. The van der Waals surface area contributed by atoms with Crippen molar-refractivity contribution >= 4 is 11.5 Å². The van der Waals surface area contributed by atoms with Gasteiger partial charge in [0.1, 0.15) is 5.82 Å². The van der Waals surface area contributed by atoms with Crippen LogP contribution in [0, 0.1) is 20.8 Å². The molecular weight excluding hydrogens is 490 g/mol. The number of piperazine rings is 1. The van der Waals surface area contributed by atoms with Crippen molar-refractivity contribution in [3.05, 3.63) is 59.3 Å². The van der Waals surface area contributed by atoms with E-state index in [1.165, 1.54) is 36.1 Å². The minimum atomic E-state index is 0.178. The first-order valence-corrected chi connectivity index (χ1v) is 13.9. The van der Waals surface area contributed by atoms with Crippen LogP contribution >= 0.6 is 0 Å². The third-order valence-corrected chi connectivity index (χ3v) is 7.62. The highest BCUT2D eigenvalue weighted by molar-refractivity contribution is 5.63. The van der Waals surface area contributed by atoms with E-state index < -0.39 is 0 Å². The predicted molar refractivity (Wildman–Crippen MR) is 153 cm³/mol. The van der Waals surface area contributed by atoms with E-state index in [4.69, 9.17) is 0 Å². The van der Waals surface area contributed by atoms with Crippen LogP contribution in [0.2, 0.25) is 0 Å². The summed E-state index contributed by atoms with van der Waals surface area (Å²) in [5.41, 5.74) is 5.73. The summed E-state index contributed by atoms with van der Waals surface area (Å²) in [6.07, 6.45) is 2.62. The molecule has 10 heteroatoms. The number of aryl methyl sites for hydroxylation is 3. The molecule has 1 aromatic carbocycles. The smallest absolute Gasteiger partial charge is 0.253 e. The lowest BCUT2D eigenvalue weighted by atomic mass is 10.1. The lowest BCUT2D eigenvalue weighted by Gasteiger charge is -2.33. The molecule has 39 heavy (non-hydrogen) atoms. The lowest BCUT2D eigenvalue weighted by molar-refractivity contribution is 0.130. The molecule has 0 bridgehead atoms. The van der Waals surface area contributed by atoms with Gasteiger partial charge < -0.3 is 14.9 Å². The van der Waals surface area contributed by atoms with Crippen molar-refractivity contribution in [2.45, 2.75) is 47.1 Å². The maximum atomic E-state index is 9.56. The average molecular weight is 530 g/mol. The molecule has 5 heterocycles. The molecular formula is C29H39N9O. The molecule has 0 unspecified atom stereocenters. The standard InChI is InChI=1S/C21H29N5.C8H10N4O/c1-2-24-13-15-25(16-14-24)17-19-7-10-21(23-22-19)18-5-8-20(9-6-18)26-11-3-4-12-26;1-4-7(13)5(2)12-8(9-4)10-6(3)11-12/h5-10H,2-4,11-17H2,1H3;13H,1-3H3. The van der Waals surface area contributed by atoms with Crippen LogP contribution in [0.15, 0.2) is 36.4 Å². The SMILES string of the molecule is CCN1CCN(Cc2ccc(-c3ccc(N4CCCC4)cc3)nn2)CC1.Cc1nc2nc(C)c(O)c(C)n2n1. The fourth-order valence-electron chi connectivity index (χ4n) is 5.18. The number of anilines is 1. The summed E-state index contributed by atoms with van der Waals surface area (Å²) in [7, 11) is 0. The maximum Gasteiger partial charge on any atom is 0.253 e. The summed E-state index contributed by atoms with van der Waals surface area (Å²) in [4.78, 5) is 15.6. The van der Waals surface area contributed by atoms with E-state index in [2.05, 4.69) is 83.3 Å². The molecule has 2 fully saturated rings. The molecule has 1 N–H and O–H groups in total. The number of rotatable bonds is 5. The Bertz CT molecular complexity index is 1370. The molecule has 10 nitrogen and oxygen atoms in total. The fraction of sp³-hybridized carbons (Fsp3) is 0.483. The first-order chi connectivity index (χ1) is 18.9. The highest BCUT2D eigenvalue weighted by Crippen LogP contribution is 2.24. The van der Waals surface area contributed by atoms with Crippen molar-refractivity contribution in [1.82, 2.24) is 39.6 Å². The molecule has 0 aliphatic carbocycles.